The third kappa shape index (κ3) is 3.08. The van der Waals surface area contributed by atoms with Crippen LogP contribution in [0.3, 0.4) is 0 Å². The van der Waals surface area contributed by atoms with Gasteiger partial charge in [0, 0.05) is 28.8 Å². The minimum absolute atomic E-state index is 0.0505. The summed E-state index contributed by atoms with van der Waals surface area (Å²) in [6.07, 6.45) is 0. The summed E-state index contributed by atoms with van der Waals surface area (Å²) >= 11 is 3.40. The monoisotopic (exact) mass is 386 g/mol. The van der Waals surface area contributed by atoms with Crippen LogP contribution in [-0.2, 0) is 4.79 Å². The summed E-state index contributed by atoms with van der Waals surface area (Å²) in [4.78, 5) is 29.0. The van der Waals surface area contributed by atoms with Crippen LogP contribution in [-0.4, -0.2) is 35.8 Å². The molecule has 0 radical (unpaired) electrons. The molecule has 2 aromatic rings. The van der Waals surface area contributed by atoms with E-state index in [9.17, 15) is 9.59 Å². The molecule has 4 nitrogen and oxygen atoms in total. The number of hydrogen-bond acceptors (Lipinski definition) is 2. The number of amides is 2. The minimum Gasteiger partial charge on any atom is -0.325 e. The zero-order valence-corrected chi connectivity index (χ0v) is 15.3. The van der Waals surface area contributed by atoms with Crippen LogP contribution in [0.5, 0.6) is 0 Å². The molecule has 0 N–H and O–H groups in total. The smallest absolute Gasteiger partial charge is 0.254 e. The molecule has 2 aromatic carbocycles. The second kappa shape index (κ2) is 6.77. The summed E-state index contributed by atoms with van der Waals surface area (Å²) in [7, 11) is 0. The predicted molar refractivity (Wildman–Crippen MR) is 98.2 cm³/mol. The Morgan fingerprint density at radius 1 is 1.08 bits per heavy atom. The Kier molecular flexibility index (Phi) is 4.71. The number of benzene rings is 2. The summed E-state index contributed by atoms with van der Waals surface area (Å²) < 4.78 is 0.972. The van der Waals surface area contributed by atoms with Crippen LogP contribution < -0.4 is 4.90 Å². The molecule has 1 heterocycles. The van der Waals surface area contributed by atoms with Gasteiger partial charge >= 0.3 is 0 Å². The fraction of sp³-hybridized carbons (Fsp3) is 0.263. The molecule has 1 aliphatic rings. The van der Waals surface area contributed by atoms with Crippen molar-refractivity contribution >= 4 is 33.4 Å². The van der Waals surface area contributed by atoms with Gasteiger partial charge in [-0.25, -0.2) is 0 Å². The Labute approximate surface area is 150 Å². The van der Waals surface area contributed by atoms with E-state index in [1.54, 1.807) is 16.7 Å². The first kappa shape index (κ1) is 16.7. The standard InChI is InChI=1S/C19H19BrN2O2/c1-13-5-3-4-6-17(13)19(24)21-11-12-22(18(23)14(21)2)16-9-7-15(20)8-10-16/h3-10,14H,11-12H2,1-2H3/t14-/m1/s1. The average molecular weight is 387 g/mol. The quantitative estimate of drug-likeness (QED) is 0.790. The van der Waals surface area contributed by atoms with E-state index in [0.29, 0.717) is 18.7 Å². The Hall–Kier alpha value is -2.14. The molecular weight excluding hydrogens is 368 g/mol. The molecule has 0 aromatic heterocycles. The van der Waals surface area contributed by atoms with Gasteiger partial charge in [-0.3, -0.25) is 9.59 Å². The second-order valence-electron chi connectivity index (χ2n) is 5.96. The molecule has 0 saturated carbocycles. The average Bonchev–Trinajstić information content (AvgIpc) is 2.58. The maximum atomic E-state index is 12.8. The van der Waals surface area contributed by atoms with E-state index in [1.807, 2.05) is 55.5 Å². The largest absolute Gasteiger partial charge is 0.325 e. The van der Waals surface area contributed by atoms with Crippen molar-refractivity contribution in [1.82, 2.24) is 4.90 Å². The SMILES string of the molecule is Cc1ccccc1C(=O)N1CCN(c2ccc(Br)cc2)C(=O)[C@H]1C. The van der Waals surface area contributed by atoms with E-state index in [-0.39, 0.29) is 11.8 Å². The van der Waals surface area contributed by atoms with Crippen LogP contribution in [0.2, 0.25) is 0 Å². The van der Waals surface area contributed by atoms with E-state index in [1.165, 1.54) is 0 Å². The van der Waals surface area contributed by atoms with Gasteiger partial charge in [0.2, 0.25) is 5.91 Å². The van der Waals surface area contributed by atoms with Gasteiger partial charge in [0.15, 0.2) is 0 Å². The number of anilines is 1. The van der Waals surface area contributed by atoms with Crippen LogP contribution >= 0.6 is 15.9 Å². The van der Waals surface area contributed by atoms with Gasteiger partial charge in [0.25, 0.3) is 5.91 Å². The number of hydrogen-bond donors (Lipinski definition) is 0. The number of aryl methyl sites for hydroxylation is 1. The summed E-state index contributed by atoms with van der Waals surface area (Å²) in [5, 5.41) is 0. The molecule has 1 atom stereocenters. The molecule has 1 aliphatic heterocycles. The molecular formula is C19H19BrN2O2. The Bertz CT molecular complexity index is 773. The Balaban J connectivity index is 1.81. The number of nitrogens with zero attached hydrogens (tertiary/aromatic N) is 2. The summed E-state index contributed by atoms with van der Waals surface area (Å²) in [5.41, 5.74) is 2.45. The van der Waals surface area contributed by atoms with E-state index < -0.39 is 6.04 Å². The molecule has 1 fully saturated rings. The maximum absolute atomic E-state index is 12.8. The van der Waals surface area contributed by atoms with E-state index in [4.69, 9.17) is 0 Å². The first-order valence-electron chi connectivity index (χ1n) is 7.92. The first-order valence-corrected chi connectivity index (χ1v) is 8.72. The molecule has 0 unspecified atom stereocenters. The Morgan fingerprint density at radius 3 is 2.42 bits per heavy atom. The number of carbonyl (C=O) groups excluding carboxylic acids is 2. The lowest BCUT2D eigenvalue weighted by Gasteiger charge is -2.39. The van der Waals surface area contributed by atoms with Gasteiger partial charge < -0.3 is 9.80 Å². The highest BCUT2D eigenvalue weighted by atomic mass is 79.9. The normalized spacial score (nSPS) is 18.0. The highest BCUT2D eigenvalue weighted by molar-refractivity contribution is 9.10. The molecule has 124 valence electrons. The molecule has 2 amide bonds. The number of carbonyl (C=O) groups is 2. The van der Waals surface area contributed by atoms with Crippen molar-refractivity contribution in [3.05, 3.63) is 64.1 Å². The van der Waals surface area contributed by atoms with Crippen LogP contribution in [0, 0.1) is 6.92 Å². The Morgan fingerprint density at radius 2 is 1.75 bits per heavy atom. The summed E-state index contributed by atoms with van der Waals surface area (Å²) in [6, 6.07) is 14.7. The van der Waals surface area contributed by atoms with E-state index >= 15 is 0 Å². The van der Waals surface area contributed by atoms with Crippen LogP contribution in [0.25, 0.3) is 0 Å². The fourth-order valence-corrected chi connectivity index (χ4v) is 3.26. The second-order valence-corrected chi connectivity index (χ2v) is 6.87. The van der Waals surface area contributed by atoms with Gasteiger partial charge in [0.1, 0.15) is 6.04 Å². The molecule has 0 bridgehead atoms. The van der Waals surface area contributed by atoms with Crippen LogP contribution in [0.15, 0.2) is 53.0 Å². The zero-order chi connectivity index (χ0) is 17.3. The van der Waals surface area contributed by atoms with Crippen molar-refractivity contribution in [3.63, 3.8) is 0 Å². The lowest BCUT2D eigenvalue weighted by molar-refractivity contribution is -0.124. The number of halogens is 1. The third-order valence-corrected chi connectivity index (χ3v) is 4.96. The fourth-order valence-electron chi connectivity index (χ4n) is 2.99. The minimum atomic E-state index is -0.477. The van der Waals surface area contributed by atoms with Crippen molar-refractivity contribution in [2.45, 2.75) is 19.9 Å². The molecule has 3 rings (SSSR count). The molecule has 0 spiro atoms. The van der Waals surface area contributed by atoms with Gasteiger partial charge in [-0.1, -0.05) is 34.1 Å². The van der Waals surface area contributed by atoms with Crippen molar-refractivity contribution < 1.29 is 9.59 Å². The van der Waals surface area contributed by atoms with E-state index in [0.717, 1.165) is 15.7 Å². The van der Waals surface area contributed by atoms with Crippen molar-refractivity contribution in [2.75, 3.05) is 18.0 Å². The lowest BCUT2D eigenvalue weighted by Crippen LogP contribution is -2.57. The first-order chi connectivity index (χ1) is 11.5. The van der Waals surface area contributed by atoms with Crippen molar-refractivity contribution in [1.29, 1.82) is 0 Å². The lowest BCUT2D eigenvalue weighted by atomic mass is 10.0. The van der Waals surface area contributed by atoms with Gasteiger partial charge in [-0.2, -0.15) is 0 Å². The molecule has 0 aliphatic carbocycles. The molecule has 24 heavy (non-hydrogen) atoms. The third-order valence-electron chi connectivity index (χ3n) is 4.43. The van der Waals surface area contributed by atoms with E-state index in [2.05, 4.69) is 15.9 Å². The number of piperazine rings is 1. The van der Waals surface area contributed by atoms with Crippen LogP contribution in [0.1, 0.15) is 22.8 Å². The molecule has 5 heteroatoms. The van der Waals surface area contributed by atoms with Crippen LogP contribution in [0.4, 0.5) is 5.69 Å². The number of rotatable bonds is 2. The molecule has 1 saturated heterocycles. The predicted octanol–water partition coefficient (Wildman–Crippen LogP) is 3.64. The highest BCUT2D eigenvalue weighted by Gasteiger charge is 2.35. The van der Waals surface area contributed by atoms with Gasteiger partial charge in [0.05, 0.1) is 0 Å². The highest BCUT2D eigenvalue weighted by Crippen LogP contribution is 2.24. The van der Waals surface area contributed by atoms with Gasteiger partial charge in [-0.15, -0.1) is 0 Å². The summed E-state index contributed by atoms with van der Waals surface area (Å²) in [5.74, 6) is -0.130. The van der Waals surface area contributed by atoms with Crippen molar-refractivity contribution in [2.24, 2.45) is 0 Å². The van der Waals surface area contributed by atoms with Crippen molar-refractivity contribution in [3.8, 4) is 0 Å². The summed E-state index contributed by atoms with van der Waals surface area (Å²) in [6.45, 7) is 4.74. The maximum Gasteiger partial charge on any atom is 0.254 e. The topological polar surface area (TPSA) is 40.6 Å². The van der Waals surface area contributed by atoms with Gasteiger partial charge in [-0.05, 0) is 49.7 Å². The zero-order valence-electron chi connectivity index (χ0n) is 13.7.